The summed E-state index contributed by atoms with van der Waals surface area (Å²) in [6.07, 6.45) is 0. The Balaban J connectivity index is 2.59. The molecule has 0 aliphatic heterocycles. The Labute approximate surface area is 118 Å². The fourth-order valence-corrected chi connectivity index (χ4v) is 2.43. The van der Waals surface area contributed by atoms with Gasteiger partial charge in [-0.05, 0) is 37.6 Å². The second kappa shape index (κ2) is 8.07. The molecular formula is C14H21NO3S. The first-order valence-electron chi connectivity index (χ1n) is 6.32. The van der Waals surface area contributed by atoms with Gasteiger partial charge < -0.3 is 15.2 Å². The number of aryl methyl sites for hydroxylation is 1. The van der Waals surface area contributed by atoms with E-state index in [0.29, 0.717) is 24.2 Å². The van der Waals surface area contributed by atoms with E-state index >= 15 is 0 Å². The minimum atomic E-state index is -0.350. The lowest BCUT2D eigenvalue weighted by molar-refractivity contribution is -0.145. The number of thioether (sulfide) groups is 1. The maximum Gasteiger partial charge on any atom is 0.344 e. The molecule has 106 valence electrons. The van der Waals surface area contributed by atoms with Gasteiger partial charge in [-0.1, -0.05) is 6.92 Å². The van der Waals surface area contributed by atoms with E-state index < -0.39 is 0 Å². The summed E-state index contributed by atoms with van der Waals surface area (Å²) in [4.78, 5) is 12.4. The molecule has 2 N–H and O–H groups in total. The highest BCUT2D eigenvalue weighted by molar-refractivity contribution is 8.00. The Bertz CT molecular complexity index is 423. The molecule has 1 atom stereocenters. The van der Waals surface area contributed by atoms with Gasteiger partial charge in [-0.3, -0.25) is 0 Å². The van der Waals surface area contributed by atoms with Crippen LogP contribution in [0.25, 0.3) is 0 Å². The first-order chi connectivity index (χ1) is 9.06. The predicted octanol–water partition coefficient (Wildman–Crippen LogP) is 2.38. The number of hydrogen-bond acceptors (Lipinski definition) is 5. The van der Waals surface area contributed by atoms with Crippen LogP contribution in [0.5, 0.6) is 5.75 Å². The number of nitrogens with two attached hydrogens (primary N) is 1. The van der Waals surface area contributed by atoms with Crippen LogP contribution in [-0.2, 0) is 9.53 Å². The first kappa shape index (κ1) is 15.9. The van der Waals surface area contributed by atoms with E-state index in [0.717, 1.165) is 10.5 Å². The Kier molecular flexibility index (Phi) is 6.73. The largest absolute Gasteiger partial charge is 0.482 e. The zero-order valence-corrected chi connectivity index (χ0v) is 12.5. The molecule has 5 heteroatoms. The van der Waals surface area contributed by atoms with Crippen molar-refractivity contribution in [2.75, 3.05) is 19.8 Å². The van der Waals surface area contributed by atoms with Crippen LogP contribution in [0, 0.1) is 6.92 Å². The fraction of sp³-hybridized carbons (Fsp3) is 0.500. The van der Waals surface area contributed by atoms with Gasteiger partial charge >= 0.3 is 5.97 Å². The molecule has 1 rings (SSSR count). The second-order valence-electron chi connectivity index (χ2n) is 4.19. The number of ether oxygens (including phenoxy) is 2. The SMILES string of the molecule is CCOC(=O)COc1ccc(S[C@H](C)CN)cc1C. The van der Waals surface area contributed by atoms with Gasteiger partial charge in [0.25, 0.3) is 0 Å². The number of hydrogen-bond donors (Lipinski definition) is 1. The average molecular weight is 283 g/mol. The second-order valence-corrected chi connectivity index (χ2v) is 5.70. The van der Waals surface area contributed by atoms with Gasteiger partial charge in [0.1, 0.15) is 5.75 Å². The van der Waals surface area contributed by atoms with E-state index in [4.69, 9.17) is 15.2 Å². The highest BCUT2D eigenvalue weighted by Gasteiger charge is 2.07. The van der Waals surface area contributed by atoms with Gasteiger partial charge in [0.05, 0.1) is 6.61 Å². The Morgan fingerprint density at radius 1 is 1.47 bits per heavy atom. The Hall–Kier alpha value is -1.20. The van der Waals surface area contributed by atoms with Gasteiger partial charge in [0, 0.05) is 16.7 Å². The van der Waals surface area contributed by atoms with Crippen molar-refractivity contribution < 1.29 is 14.3 Å². The summed E-state index contributed by atoms with van der Waals surface area (Å²) in [5.41, 5.74) is 6.60. The lowest BCUT2D eigenvalue weighted by Gasteiger charge is -2.12. The highest BCUT2D eigenvalue weighted by Crippen LogP contribution is 2.28. The summed E-state index contributed by atoms with van der Waals surface area (Å²) in [7, 11) is 0. The number of rotatable bonds is 7. The minimum Gasteiger partial charge on any atom is -0.482 e. The zero-order valence-electron chi connectivity index (χ0n) is 11.6. The third kappa shape index (κ3) is 5.53. The standard InChI is InChI=1S/C14H21NO3S/c1-4-17-14(16)9-18-13-6-5-12(7-10(13)2)19-11(3)8-15/h5-7,11H,4,8-9,15H2,1-3H3/t11-/m1/s1. The molecule has 4 nitrogen and oxygen atoms in total. The first-order valence-corrected chi connectivity index (χ1v) is 7.20. The number of benzene rings is 1. The van der Waals surface area contributed by atoms with Crippen molar-refractivity contribution in [1.82, 2.24) is 0 Å². The molecule has 0 saturated carbocycles. The Morgan fingerprint density at radius 2 is 2.21 bits per heavy atom. The van der Waals surface area contributed by atoms with Crippen LogP contribution in [0.2, 0.25) is 0 Å². The third-order valence-electron chi connectivity index (χ3n) is 2.47. The van der Waals surface area contributed by atoms with Crippen LogP contribution in [0.3, 0.4) is 0 Å². The van der Waals surface area contributed by atoms with E-state index in [1.54, 1.807) is 18.7 Å². The lowest BCUT2D eigenvalue weighted by Crippen LogP contribution is -2.15. The van der Waals surface area contributed by atoms with Gasteiger partial charge in [-0.15, -0.1) is 11.8 Å². The molecule has 19 heavy (non-hydrogen) atoms. The Morgan fingerprint density at radius 3 is 2.79 bits per heavy atom. The molecule has 0 heterocycles. The summed E-state index contributed by atoms with van der Waals surface area (Å²) in [6.45, 7) is 6.77. The minimum absolute atomic E-state index is 0.0552. The topological polar surface area (TPSA) is 61.5 Å². The van der Waals surface area contributed by atoms with Gasteiger partial charge in [0.15, 0.2) is 6.61 Å². The molecular weight excluding hydrogens is 262 g/mol. The van der Waals surface area contributed by atoms with Crippen LogP contribution in [0.1, 0.15) is 19.4 Å². The molecule has 0 fully saturated rings. The number of carbonyl (C=O) groups is 1. The molecule has 0 aromatic heterocycles. The average Bonchev–Trinajstić information content (AvgIpc) is 2.38. The summed E-state index contributed by atoms with van der Waals surface area (Å²) in [6, 6.07) is 5.89. The van der Waals surface area contributed by atoms with Crippen LogP contribution in [-0.4, -0.2) is 31.0 Å². The molecule has 0 aliphatic carbocycles. The molecule has 0 amide bonds. The van der Waals surface area contributed by atoms with Gasteiger partial charge in [0.2, 0.25) is 0 Å². The molecule has 0 spiro atoms. The number of esters is 1. The van der Waals surface area contributed by atoms with Crippen molar-refractivity contribution >= 4 is 17.7 Å². The maximum atomic E-state index is 11.2. The molecule has 1 aromatic carbocycles. The van der Waals surface area contributed by atoms with Crippen LogP contribution >= 0.6 is 11.8 Å². The van der Waals surface area contributed by atoms with Crippen molar-refractivity contribution in [3.63, 3.8) is 0 Å². The van der Waals surface area contributed by atoms with Crippen molar-refractivity contribution in [3.05, 3.63) is 23.8 Å². The molecule has 1 aromatic rings. The molecule has 0 bridgehead atoms. The van der Waals surface area contributed by atoms with Crippen molar-refractivity contribution in [1.29, 1.82) is 0 Å². The van der Waals surface area contributed by atoms with Crippen molar-refractivity contribution in [2.24, 2.45) is 5.73 Å². The van der Waals surface area contributed by atoms with Crippen molar-refractivity contribution in [3.8, 4) is 5.75 Å². The quantitative estimate of drug-likeness (QED) is 0.615. The zero-order chi connectivity index (χ0) is 14.3. The molecule has 0 radical (unpaired) electrons. The highest BCUT2D eigenvalue weighted by atomic mass is 32.2. The summed E-state index contributed by atoms with van der Waals surface area (Å²) in [5.74, 6) is 0.356. The van der Waals surface area contributed by atoms with E-state index in [2.05, 4.69) is 6.92 Å². The molecule has 0 unspecified atom stereocenters. The fourth-order valence-electron chi connectivity index (χ4n) is 1.48. The smallest absolute Gasteiger partial charge is 0.344 e. The molecule has 0 saturated heterocycles. The number of carbonyl (C=O) groups excluding carboxylic acids is 1. The lowest BCUT2D eigenvalue weighted by atomic mass is 10.2. The van der Waals surface area contributed by atoms with Gasteiger partial charge in [-0.25, -0.2) is 4.79 Å². The third-order valence-corrected chi connectivity index (χ3v) is 3.59. The summed E-state index contributed by atoms with van der Waals surface area (Å²) >= 11 is 1.73. The van der Waals surface area contributed by atoms with E-state index in [1.807, 2.05) is 25.1 Å². The van der Waals surface area contributed by atoms with E-state index in [-0.39, 0.29) is 12.6 Å². The van der Waals surface area contributed by atoms with Gasteiger partial charge in [-0.2, -0.15) is 0 Å². The predicted molar refractivity (Wildman–Crippen MR) is 77.7 cm³/mol. The van der Waals surface area contributed by atoms with E-state index in [1.165, 1.54) is 0 Å². The van der Waals surface area contributed by atoms with Crippen molar-refractivity contribution in [2.45, 2.75) is 30.9 Å². The normalized spacial score (nSPS) is 12.0. The van der Waals surface area contributed by atoms with Crippen LogP contribution in [0.15, 0.2) is 23.1 Å². The van der Waals surface area contributed by atoms with Crippen LogP contribution < -0.4 is 10.5 Å². The molecule has 0 aliphatic rings. The summed E-state index contributed by atoms with van der Waals surface area (Å²) < 4.78 is 10.2. The maximum absolute atomic E-state index is 11.2. The van der Waals surface area contributed by atoms with E-state index in [9.17, 15) is 4.79 Å². The van der Waals surface area contributed by atoms with Crippen LogP contribution in [0.4, 0.5) is 0 Å². The summed E-state index contributed by atoms with van der Waals surface area (Å²) in [5, 5.41) is 0.380. The monoisotopic (exact) mass is 283 g/mol.